The van der Waals surface area contributed by atoms with Gasteiger partial charge in [0.25, 0.3) is 0 Å². The highest BCUT2D eigenvalue weighted by atomic mass is 16.7. The third-order valence-corrected chi connectivity index (χ3v) is 5.50. The van der Waals surface area contributed by atoms with Crippen LogP contribution >= 0.6 is 0 Å². The Morgan fingerprint density at radius 1 is 0.655 bits per heavy atom. The number of hydroxylamine groups is 2. The Bertz CT molecular complexity index is 435. The van der Waals surface area contributed by atoms with Crippen molar-refractivity contribution in [3.05, 3.63) is 0 Å². The molecule has 29 heavy (non-hydrogen) atoms. The zero-order chi connectivity index (χ0) is 21.3. The number of hydrogen-bond acceptors (Lipinski definition) is 6. The SMILES string of the molecule is O=C(O)CCCCCCCCCCCCCCCCC(=O)ON1C(O)CCC1O. The van der Waals surface area contributed by atoms with Gasteiger partial charge >= 0.3 is 11.9 Å². The third kappa shape index (κ3) is 13.6. The van der Waals surface area contributed by atoms with E-state index in [0.29, 0.717) is 25.7 Å². The summed E-state index contributed by atoms with van der Waals surface area (Å²) in [6, 6.07) is 0. The minimum absolute atomic E-state index is 0.303. The zero-order valence-electron chi connectivity index (χ0n) is 17.9. The molecule has 1 aliphatic rings. The molecular formula is C22H41NO6. The molecule has 7 heteroatoms. The van der Waals surface area contributed by atoms with Crippen molar-refractivity contribution in [2.75, 3.05) is 0 Å². The molecule has 1 aliphatic heterocycles. The quantitative estimate of drug-likeness (QED) is 0.283. The van der Waals surface area contributed by atoms with Crippen LogP contribution in [-0.4, -0.2) is 44.8 Å². The average Bonchev–Trinajstić information content (AvgIpc) is 2.99. The van der Waals surface area contributed by atoms with Crippen LogP contribution in [0.2, 0.25) is 0 Å². The van der Waals surface area contributed by atoms with Gasteiger partial charge in [0.05, 0.1) is 0 Å². The van der Waals surface area contributed by atoms with E-state index < -0.39 is 18.4 Å². The van der Waals surface area contributed by atoms with Crippen molar-refractivity contribution in [1.29, 1.82) is 0 Å². The van der Waals surface area contributed by atoms with Gasteiger partial charge in [-0.05, 0) is 25.7 Å². The zero-order valence-corrected chi connectivity index (χ0v) is 17.9. The Morgan fingerprint density at radius 3 is 1.38 bits per heavy atom. The number of carbonyl (C=O) groups is 2. The predicted octanol–water partition coefficient (Wildman–Crippen LogP) is 4.50. The van der Waals surface area contributed by atoms with Gasteiger partial charge in [-0.3, -0.25) is 9.59 Å². The largest absolute Gasteiger partial charge is 0.481 e. The lowest BCUT2D eigenvalue weighted by Crippen LogP contribution is -2.37. The molecule has 3 N–H and O–H groups in total. The maximum absolute atomic E-state index is 11.7. The van der Waals surface area contributed by atoms with Crippen molar-refractivity contribution in [2.24, 2.45) is 0 Å². The fourth-order valence-electron chi connectivity index (χ4n) is 3.70. The van der Waals surface area contributed by atoms with Crippen LogP contribution in [0.4, 0.5) is 0 Å². The second-order valence-corrected chi connectivity index (χ2v) is 8.21. The maximum Gasteiger partial charge on any atom is 0.325 e. The monoisotopic (exact) mass is 415 g/mol. The third-order valence-electron chi connectivity index (χ3n) is 5.50. The second kappa shape index (κ2) is 16.6. The second-order valence-electron chi connectivity index (χ2n) is 8.21. The summed E-state index contributed by atoms with van der Waals surface area (Å²) in [4.78, 5) is 27.2. The first-order chi connectivity index (χ1) is 14.0. The molecule has 0 bridgehead atoms. The normalized spacial score (nSPS) is 19.5. The summed E-state index contributed by atoms with van der Waals surface area (Å²) in [5.41, 5.74) is 0. The Morgan fingerprint density at radius 2 is 1.00 bits per heavy atom. The molecule has 0 aromatic heterocycles. The number of aliphatic hydroxyl groups is 2. The lowest BCUT2D eigenvalue weighted by Gasteiger charge is -2.21. The number of rotatable bonds is 18. The molecule has 0 aromatic rings. The van der Waals surface area contributed by atoms with Crippen LogP contribution in [0.25, 0.3) is 0 Å². The van der Waals surface area contributed by atoms with Crippen LogP contribution in [0, 0.1) is 0 Å². The number of aliphatic carboxylic acids is 1. The van der Waals surface area contributed by atoms with E-state index in [9.17, 15) is 19.8 Å². The van der Waals surface area contributed by atoms with E-state index in [4.69, 9.17) is 9.94 Å². The summed E-state index contributed by atoms with van der Waals surface area (Å²) in [6.07, 6.45) is 15.6. The van der Waals surface area contributed by atoms with Gasteiger partial charge in [-0.1, -0.05) is 82.1 Å². The molecule has 1 rings (SSSR count). The molecule has 170 valence electrons. The molecule has 1 saturated heterocycles. The Kier molecular flexibility index (Phi) is 14.8. The van der Waals surface area contributed by atoms with E-state index in [2.05, 4.69) is 0 Å². The van der Waals surface area contributed by atoms with Crippen molar-refractivity contribution < 1.29 is 29.7 Å². The molecule has 0 spiro atoms. The number of hydrogen-bond donors (Lipinski definition) is 3. The van der Waals surface area contributed by atoms with Crippen molar-refractivity contribution in [1.82, 2.24) is 5.06 Å². The average molecular weight is 416 g/mol. The first-order valence-electron chi connectivity index (χ1n) is 11.6. The fourth-order valence-corrected chi connectivity index (χ4v) is 3.70. The van der Waals surface area contributed by atoms with Crippen molar-refractivity contribution in [3.8, 4) is 0 Å². The van der Waals surface area contributed by atoms with Gasteiger partial charge in [0.15, 0.2) is 0 Å². The highest BCUT2D eigenvalue weighted by Crippen LogP contribution is 2.21. The van der Waals surface area contributed by atoms with E-state index in [-0.39, 0.29) is 5.97 Å². The lowest BCUT2D eigenvalue weighted by molar-refractivity contribution is -0.261. The molecule has 1 fully saturated rings. The maximum atomic E-state index is 11.7. The first kappa shape index (κ1) is 25.9. The molecule has 0 amide bonds. The number of carboxylic acids is 1. The number of aliphatic hydroxyl groups excluding tert-OH is 2. The van der Waals surface area contributed by atoms with E-state index in [1.807, 2.05) is 0 Å². The summed E-state index contributed by atoms with van der Waals surface area (Å²) in [5, 5.41) is 28.8. The molecule has 0 radical (unpaired) electrons. The first-order valence-corrected chi connectivity index (χ1v) is 11.6. The summed E-state index contributed by atoms with van der Waals surface area (Å²) in [5.74, 6) is -1.07. The van der Waals surface area contributed by atoms with Gasteiger partial charge in [0, 0.05) is 12.8 Å². The van der Waals surface area contributed by atoms with Crippen LogP contribution in [0.1, 0.15) is 116 Å². The van der Waals surface area contributed by atoms with Gasteiger partial charge in [-0.2, -0.15) is 0 Å². The van der Waals surface area contributed by atoms with Crippen LogP contribution in [0.3, 0.4) is 0 Å². The van der Waals surface area contributed by atoms with E-state index in [0.717, 1.165) is 43.6 Å². The van der Waals surface area contributed by atoms with Crippen LogP contribution in [-0.2, 0) is 14.4 Å². The number of unbranched alkanes of at least 4 members (excludes halogenated alkanes) is 13. The van der Waals surface area contributed by atoms with E-state index in [1.165, 1.54) is 51.4 Å². The molecule has 7 nitrogen and oxygen atoms in total. The summed E-state index contributed by atoms with van der Waals surface area (Å²) >= 11 is 0. The van der Waals surface area contributed by atoms with Gasteiger partial charge in [0.1, 0.15) is 12.5 Å². The van der Waals surface area contributed by atoms with Crippen LogP contribution in [0.15, 0.2) is 0 Å². The minimum Gasteiger partial charge on any atom is -0.481 e. The molecular weight excluding hydrogens is 374 g/mol. The molecule has 1 heterocycles. The van der Waals surface area contributed by atoms with Crippen molar-refractivity contribution in [3.63, 3.8) is 0 Å². The predicted molar refractivity (Wildman–Crippen MR) is 111 cm³/mol. The van der Waals surface area contributed by atoms with Crippen molar-refractivity contribution >= 4 is 11.9 Å². The molecule has 0 aliphatic carbocycles. The minimum atomic E-state index is -0.891. The summed E-state index contributed by atoms with van der Waals surface area (Å²) in [7, 11) is 0. The van der Waals surface area contributed by atoms with Gasteiger partial charge in [-0.15, -0.1) is 0 Å². The fraction of sp³-hybridized carbons (Fsp3) is 0.909. The number of nitrogens with zero attached hydrogens (tertiary/aromatic N) is 1. The highest BCUT2D eigenvalue weighted by molar-refractivity contribution is 5.69. The summed E-state index contributed by atoms with van der Waals surface area (Å²) < 4.78 is 0. The van der Waals surface area contributed by atoms with Crippen LogP contribution < -0.4 is 0 Å². The number of carboxylic acid groups (broad SMARTS) is 1. The molecule has 2 atom stereocenters. The summed E-state index contributed by atoms with van der Waals surface area (Å²) in [6.45, 7) is 0. The lowest BCUT2D eigenvalue weighted by atomic mass is 10.0. The standard InChI is InChI=1S/C22H41NO6/c24-19-17-18-20(25)23(19)29-22(28)16-14-12-10-8-6-4-2-1-3-5-7-9-11-13-15-21(26)27/h19-20,24-25H,1-18H2,(H,26,27). The van der Waals surface area contributed by atoms with E-state index >= 15 is 0 Å². The highest BCUT2D eigenvalue weighted by Gasteiger charge is 2.33. The van der Waals surface area contributed by atoms with E-state index in [1.54, 1.807) is 0 Å². The molecule has 0 aromatic carbocycles. The smallest absolute Gasteiger partial charge is 0.325 e. The van der Waals surface area contributed by atoms with Gasteiger partial charge < -0.3 is 20.2 Å². The Labute approximate surface area is 175 Å². The Hall–Kier alpha value is -1.18. The Balaban J connectivity index is 1.78. The van der Waals surface area contributed by atoms with Crippen LogP contribution in [0.5, 0.6) is 0 Å². The van der Waals surface area contributed by atoms with Crippen molar-refractivity contribution in [2.45, 2.75) is 128 Å². The van der Waals surface area contributed by atoms with Gasteiger partial charge in [0.2, 0.25) is 0 Å². The van der Waals surface area contributed by atoms with Gasteiger partial charge in [-0.25, -0.2) is 0 Å². The number of carbonyl (C=O) groups excluding carboxylic acids is 1. The topological polar surface area (TPSA) is 107 Å². The molecule has 0 saturated carbocycles. The molecule has 2 unspecified atom stereocenters.